The summed E-state index contributed by atoms with van der Waals surface area (Å²) in [6.45, 7) is 8.83. The number of thiophene rings is 1. The lowest BCUT2D eigenvalue weighted by Crippen LogP contribution is -2.31. The van der Waals surface area contributed by atoms with Crippen LogP contribution >= 0.6 is 11.3 Å². The number of rotatable bonds is 7. The van der Waals surface area contributed by atoms with E-state index in [1.807, 2.05) is 36.2 Å². The van der Waals surface area contributed by atoms with E-state index in [1.165, 1.54) is 4.88 Å². The molecule has 0 saturated heterocycles. The van der Waals surface area contributed by atoms with Gasteiger partial charge < -0.3 is 14.5 Å². The zero-order valence-corrected chi connectivity index (χ0v) is 16.1. The lowest BCUT2D eigenvalue weighted by atomic mass is 10.1. The molecule has 0 unspecified atom stereocenters. The predicted molar refractivity (Wildman–Crippen MR) is 103 cm³/mol. The molecule has 2 heterocycles. The van der Waals surface area contributed by atoms with Crippen LogP contribution in [0.4, 0.5) is 0 Å². The number of benzene rings is 1. The van der Waals surface area contributed by atoms with Gasteiger partial charge in [-0.05, 0) is 44.3 Å². The van der Waals surface area contributed by atoms with E-state index in [4.69, 9.17) is 4.74 Å². The van der Waals surface area contributed by atoms with Gasteiger partial charge >= 0.3 is 0 Å². The van der Waals surface area contributed by atoms with E-state index in [-0.39, 0.29) is 5.91 Å². The summed E-state index contributed by atoms with van der Waals surface area (Å²) in [4.78, 5) is 19.0. The van der Waals surface area contributed by atoms with Gasteiger partial charge in [0.05, 0.1) is 4.88 Å². The summed E-state index contributed by atoms with van der Waals surface area (Å²) >= 11 is 1.58. The number of nitrogens with zero attached hydrogens (tertiary/aromatic N) is 2. The van der Waals surface area contributed by atoms with Crippen molar-refractivity contribution in [2.24, 2.45) is 0 Å². The number of para-hydroxylation sites is 1. The Balaban J connectivity index is 1.67. The van der Waals surface area contributed by atoms with E-state index in [0.717, 1.165) is 54.4 Å². The summed E-state index contributed by atoms with van der Waals surface area (Å²) in [6, 6.07) is 10.0. The van der Waals surface area contributed by atoms with Gasteiger partial charge in [-0.3, -0.25) is 4.79 Å². The molecule has 0 aliphatic carbocycles. The van der Waals surface area contributed by atoms with Crippen LogP contribution in [0, 0.1) is 0 Å². The van der Waals surface area contributed by atoms with Gasteiger partial charge in [0.15, 0.2) is 0 Å². The van der Waals surface area contributed by atoms with Crippen LogP contribution in [0.5, 0.6) is 5.75 Å². The number of ether oxygens (including phenoxy) is 1. The molecule has 0 bridgehead atoms. The van der Waals surface area contributed by atoms with Crippen LogP contribution in [0.3, 0.4) is 0 Å². The number of hydrogen-bond acceptors (Lipinski definition) is 4. The average Bonchev–Trinajstić information content (AvgIpc) is 3.09. The van der Waals surface area contributed by atoms with Gasteiger partial charge in [-0.2, -0.15) is 0 Å². The molecule has 1 aromatic heterocycles. The Labute approximate surface area is 154 Å². The highest BCUT2D eigenvalue weighted by atomic mass is 32.1. The van der Waals surface area contributed by atoms with Gasteiger partial charge in [-0.1, -0.05) is 26.0 Å². The highest BCUT2D eigenvalue weighted by Crippen LogP contribution is 2.42. The number of fused-ring (bicyclic) bond motifs is 3. The van der Waals surface area contributed by atoms with Crippen molar-refractivity contribution in [3.63, 3.8) is 0 Å². The molecule has 0 N–H and O–H groups in total. The Kier molecular flexibility index (Phi) is 5.76. The number of amides is 1. The Hall–Kier alpha value is -1.85. The van der Waals surface area contributed by atoms with Gasteiger partial charge in [0.25, 0.3) is 5.91 Å². The molecule has 0 atom stereocenters. The first-order valence-electron chi connectivity index (χ1n) is 8.96. The lowest BCUT2D eigenvalue weighted by Gasteiger charge is -2.21. The van der Waals surface area contributed by atoms with Crippen molar-refractivity contribution >= 4 is 17.2 Å². The standard InChI is InChI=1S/C20H26N2O2S/c1-4-22(5-2)12-8-11-21(3)20(23)18-13-15-14-24-17-10-7-6-9-16(17)19(15)25-18/h6-7,9-10,13H,4-5,8,11-12,14H2,1-3H3. The van der Waals surface area contributed by atoms with E-state index in [2.05, 4.69) is 24.8 Å². The molecular formula is C20H26N2O2S. The topological polar surface area (TPSA) is 32.8 Å². The van der Waals surface area contributed by atoms with Crippen LogP contribution in [-0.4, -0.2) is 48.9 Å². The molecule has 4 nitrogen and oxygen atoms in total. The summed E-state index contributed by atoms with van der Waals surface area (Å²) in [5.41, 5.74) is 2.21. The second-order valence-corrected chi connectivity index (χ2v) is 7.41. The smallest absolute Gasteiger partial charge is 0.263 e. The van der Waals surface area contributed by atoms with Gasteiger partial charge in [-0.15, -0.1) is 11.3 Å². The molecular weight excluding hydrogens is 332 g/mol. The fourth-order valence-electron chi connectivity index (χ4n) is 3.17. The molecule has 134 valence electrons. The maximum absolute atomic E-state index is 12.8. The molecule has 25 heavy (non-hydrogen) atoms. The fourth-order valence-corrected chi connectivity index (χ4v) is 4.36. The Bertz CT molecular complexity index is 737. The largest absolute Gasteiger partial charge is 0.488 e. The van der Waals surface area contributed by atoms with Crippen molar-refractivity contribution in [3.8, 4) is 16.2 Å². The Morgan fingerprint density at radius 2 is 1.96 bits per heavy atom. The fraction of sp³-hybridized carbons (Fsp3) is 0.450. The molecule has 0 radical (unpaired) electrons. The average molecular weight is 359 g/mol. The van der Waals surface area contributed by atoms with E-state index in [0.29, 0.717) is 6.61 Å². The van der Waals surface area contributed by atoms with Crippen LogP contribution in [0.2, 0.25) is 0 Å². The normalized spacial score (nSPS) is 12.5. The summed E-state index contributed by atoms with van der Waals surface area (Å²) in [5.74, 6) is 1.01. The molecule has 3 rings (SSSR count). The Morgan fingerprint density at radius 3 is 2.72 bits per heavy atom. The van der Waals surface area contributed by atoms with Crippen LogP contribution < -0.4 is 4.74 Å². The molecule has 1 aliphatic heterocycles. The van der Waals surface area contributed by atoms with Crippen molar-refractivity contribution in [2.75, 3.05) is 33.2 Å². The van der Waals surface area contributed by atoms with Crippen LogP contribution in [-0.2, 0) is 6.61 Å². The second-order valence-electron chi connectivity index (χ2n) is 6.36. The summed E-state index contributed by atoms with van der Waals surface area (Å²) in [5, 5.41) is 0. The van der Waals surface area contributed by atoms with Gasteiger partial charge in [0.1, 0.15) is 12.4 Å². The van der Waals surface area contributed by atoms with Crippen molar-refractivity contribution in [2.45, 2.75) is 26.9 Å². The molecule has 0 saturated carbocycles. The number of hydrogen-bond donors (Lipinski definition) is 0. The van der Waals surface area contributed by atoms with Crippen LogP contribution in [0.1, 0.15) is 35.5 Å². The number of carbonyl (C=O) groups excluding carboxylic acids is 1. The van der Waals surface area contributed by atoms with Crippen molar-refractivity contribution in [1.29, 1.82) is 0 Å². The number of carbonyl (C=O) groups is 1. The summed E-state index contributed by atoms with van der Waals surface area (Å²) < 4.78 is 5.80. The minimum Gasteiger partial charge on any atom is -0.488 e. The molecule has 1 amide bonds. The first-order chi connectivity index (χ1) is 12.1. The zero-order chi connectivity index (χ0) is 17.8. The quantitative estimate of drug-likeness (QED) is 0.747. The molecule has 5 heteroatoms. The summed E-state index contributed by atoms with van der Waals surface area (Å²) in [6.07, 6.45) is 1.00. The molecule has 0 spiro atoms. The third-order valence-electron chi connectivity index (χ3n) is 4.74. The molecule has 1 aliphatic rings. The molecule has 1 aromatic carbocycles. The van der Waals surface area contributed by atoms with E-state index in [9.17, 15) is 4.79 Å². The van der Waals surface area contributed by atoms with E-state index < -0.39 is 0 Å². The van der Waals surface area contributed by atoms with Crippen molar-refractivity contribution in [3.05, 3.63) is 40.8 Å². The van der Waals surface area contributed by atoms with Gasteiger partial charge in [0.2, 0.25) is 0 Å². The maximum Gasteiger partial charge on any atom is 0.263 e. The second kappa shape index (κ2) is 8.02. The summed E-state index contributed by atoms with van der Waals surface area (Å²) in [7, 11) is 1.90. The van der Waals surface area contributed by atoms with E-state index >= 15 is 0 Å². The zero-order valence-electron chi connectivity index (χ0n) is 15.2. The highest BCUT2D eigenvalue weighted by Gasteiger charge is 2.23. The minimum atomic E-state index is 0.108. The molecule has 2 aromatic rings. The monoisotopic (exact) mass is 358 g/mol. The van der Waals surface area contributed by atoms with Gasteiger partial charge in [-0.25, -0.2) is 0 Å². The third-order valence-corrected chi connectivity index (χ3v) is 5.94. The van der Waals surface area contributed by atoms with Crippen LogP contribution in [0.25, 0.3) is 10.4 Å². The third kappa shape index (κ3) is 3.88. The Morgan fingerprint density at radius 1 is 1.20 bits per heavy atom. The maximum atomic E-state index is 12.8. The first kappa shape index (κ1) is 18.0. The van der Waals surface area contributed by atoms with Crippen molar-refractivity contribution < 1.29 is 9.53 Å². The molecule has 0 fully saturated rings. The van der Waals surface area contributed by atoms with Gasteiger partial charge in [0, 0.05) is 29.6 Å². The SMILES string of the molecule is CCN(CC)CCCN(C)C(=O)c1cc2c(s1)-c1ccccc1OC2. The highest BCUT2D eigenvalue weighted by molar-refractivity contribution is 7.17. The lowest BCUT2D eigenvalue weighted by molar-refractivity contribution is 0.0793. The predicted octanol–water partition coefficient (Wildman–Crippen LogP) is 4.11. The first-order valence-corrected chi connectivity index (χ1v) is 9.78. The van der Waals surface area contributed by atoms with Crippen LogP contribution in [0.15, 0.2) is 30.3 Å². The minimum absolute atomic E-state index is 0.108. The van der Waals surface area contributed by atoms with Crippen molar-refractivity contribution in [1.82, 2.24) is 9.80 Å². The van der Waals surface area contributed by atoms with E-state index in [1.54, 1.807) is 11.3 Å².